The zero-order valence-corrected chi connectivity index (χ0v) is 15.6. The average molecular weight is 408 g/mol. The Bertz CT molecular complexity index is 1120. The molecule has 0 aromatic heterocycles. The Kier molecular flexibility index (Phi) is 4.44. The van der Waals surface area contributed by atoms with E-state index in [1.54, 1.807) is 54.6 Å². The highest BCUT2D eigenvalue weighted by molar-refractivity contribution is 5.73. The first kappa shape index (κ1) is 18.0. The molecule has 0 bridgehead atoms. The Morgan fingerprint density at radius 3 is 2.37 bits per heavy atom. The Morgan fingerprint density at radius 2 is 1.50 bits per heavy atom. The van der Waals surface area contributed by atoms with Gasteiger partial charge in [-0.3, -0.25) is 4.79 Å². The normalized spacial score (nSPS) is 13.2. The fourth-order valence-electron chi connectivity index (χ4n) is 3.23. The molecule has 8 heteroatoms. The molecule has 0 spiro atoms. The Balaban J connectivity index is 1.49. The zero-order valence-electron chi connectivity index (χ0n) is 15.6. The van der Waals surface area contributed by atoms with Crippen LogP contribution in [-0.2, 0) is 11.2 Å². The molecule has 0 aliphatic carbocycles. The lowest BCUT2D eigenvalue weighted by Crippen LogP contribution is -2.04. The standard InChI is InChI=1S/C22H16O8/c23-21(24)10-14-15(29-13-7-8-17-20(9-13)27-11-25-17)3-1-4-16(14)30-19-6-2-5-18-22(19)28-12-26-18/h1-9H,10-12H2,(H,23,24). The quantitative estimate of drug-likeness (QED) is 0.643. The second kappa shape index (κ2) is 7.40. The second-order valence-corrected chi connectivity index (χ2v) is 6.51. The third kappa shape index (κ3) is 3.39. The predicted molar refractivity (Wildman–Crippen MR) is 103 cm³/mol. The van der Waals surface area contributed by atoms with Crippen molar-refractivity contribution in [1.82, 2.24) is 0 Å². The van der Waals surface area contributed by atoms with Crippen LogP contribution in [0.15, 0.2) is 54.6 Å². The number of carboxylic acid groups (broad SMARTS) is 1. The summed E-state index contributed by atoms with van der Waals surface area (Å²) in [7, 11) is 0. The largest absolute Gasteiger partial charge is 0.481 e. The number of para-hydroxylation sites is 1. The zero-order chi connectivity index (χ0) is 20.5. The molecule has 2 aliphatic heterocycles. The third-order valence-electron chi connectivity index (χ3n) is 4.57. The second-order valence-electron chi connectivity index (χ2n) is 6.51. The van der Waals surface area contributed by atoms with Crippen LogP contribution >= 0.6 is 0 Å². The summed E-state index contributed by atoms with van der Waals surface area (Å²) in [5, 5.41) is 9.44. The van der Waals surface area contributed by atoms with E-state index in [1.807, 2.05) is 0 Å². The van der Waals surface area contributed by atoms with Gasteiger partial charge in [0.05, 0.1) is 6.42 Å². The predicted octanol–water partition coefficient (Wildman–Crippen LogP) is 4.36. The molecular formula is C22H16O8. The van der Waals surface area contributed by atoms with Crippen LogP contribution in [-0.4, -0.2) is 24.7 Å². The molecule has 0 fully saturated rings. The summed E-state index contributed by atoms with van der Waals surface area (Å²) in [5.41, 5.74) is 0.388. The number of ether oxygens (including phenoxy) is 6. The number of aliphatic carboxylic acids is 1. The minimum absolute atomic E-state index is 0.102. The lowest BCUT2D eigenvalue weighted by atomic mass is 10.1. The number of hydrogen-bond acceptors (Lipinski definition) is 7. The lowest BCUT2D eigenvalue weighted by molar-refractivity contribution is -0.136. The highest BCUT2D eigenvalue weighted by Gasteiger charge is 2.22. The monoisotopic (exact) mass is 408 g/mol. The number of carbonyl (C=O) groups is 1. The summed E-state index contributed by atoms with van der Waals surface area (Å²) in [6.07, 6.45) is -0.289. The van der Waals surface area contributed by atoms with E-state index < -0.39 is 5.97 Å². The maximum Gasteiger partial charge on any atom is 0.308 e. The highest BCUT2D eigenvalue weighted by Crippen LogP contribution is 2.44. The Hall–Kier alpha value is -4.07. The first-order valence-corrected chi connectivity index (χ1v) is 9.15. The van der Waals surface area contributed by atoms with Crippen LogP contribution in [0.4, 0.5) is 0 Å². The van der Waals surface area contributed by atoms with Crippen LogP contribution in [0.2, 0.25) is 0 Å². The molecule has 0 unspecified atom stereocenters. The smallest absolute Gasteiger partial charge is 0.308 e. The first-order chi connectivity index (χ1) is 14.7. The summed E-state index contributed by atoms with van der Waals surface area (Å²) in [4.78, 5) is 11.5. The summed E-state index contributed by atoms with van der Waals surface area (Å²) < 4.78 is 33.5. The van der Waals surface area contributed by atoms with Crippen molar-refractivity contribution < 1.29 is 38.3 Å². The van der Waals surface area contributed by atoms with E-state index in [4.69, 9.17) is 28.4 Å². The van der Waals surface area contributed by atoms with Gasteiger partial charge in [-0.15, -0.1) is 0 Å². The van der Waals surface area contributed by atoms with Gasteiger partial charge >= 0.3 is 5.97 Å². The first-order valence-electron chi connectivity index (χ1n) is 9.15. The van der Waals surface area contributed by atoms with Crippen molar-refractivity contribution in [2.45, 2.75) is 6.42 Å². The topological polar surface area (TPSA) is 92.7 Å². The Labute approximate surface area is 171 Å². The maximum atomic E-state index is 11.5. The third-order valence-corrected chi connectivity index (χ3v) is 4.57. The van der Waals surface area contributed by atoms with Crippen molar-refractivity contribution in [3.63, 3.8) is 0 Å². The van der Waals surface area contributed by atoms with E-state index in [9.17, 15) is 9.90 Å². The van der Waals surface area contributed by atoms with Gasteiger partial charge in [-0.05, 0) is 36.4 Å². The van der Waals surface area contributed by atoms with E-state index in [-0.39, 0.29) is 20.0 Å². The van der Waals surface area contributed by atoms with Crippen molar-refractivity contribution in [3.8, 4) is 46.0 Å². The molecule has 8 nitrogen and oxygen atoms in total. The summed E-state index contributed by atoms with van der Waals surface area (Å²) in [6, 6.07) is 15.5. The summed E-state index contributed by atoms with van der Waals surface area (Å²) >= 11 is 0. The van der Waals surface area contributed by atoms with Gasteiger partial charge in [0.2, 0.25) is 19.3 Å². The van der Waals surface area contributed by atoms with Gasteiger partial charge in [-0.25, -0.2) is 0 Å². The fraction of sp³-hybridized carbons (Fsp3) is 0.136. The van der Waals surface area contributed by atoms with Crippen molar-refractivity contribution in [1.29, 1.82) is 0 Å². The summed E-state index contributed by atoms with van der Waals surface area (Å²) in [6.45, 7) is 0.254. The van der Waals surface area contributed by atoms with Crippen LogP contribution in [0.3, 0.4) is 0 Å². The number of fused-ring (bicyclic) bond motifs is 2. The van der Waals surface area contributed by atoms with Crippen LogP contribution in [0.1, 0.15) is 5.56 Å². The molecule has 0 saturated carbocycles. The van der Waals surface area contributed by atoms with Gasteiger partial charge in [-0.2, -0.15) is 0 Å². The number of rotatable bonds is 6. The number of hydrogen-bond donors (Lipinski definition) is 1. The van der Waals surface area contributed by atoms with Crippen molar-refractivity contribution in [2.24, 2.45) is 0 Å². The molecule has 2 aliphatic rings. The minimum Gasteiger partial charge on any atom is -0.481 e. The van der Waals surface area contributed by atoms with E-state index in [1.165, 1.54) is 0 Å². The lowest BCUT2D eigenvalue weighted by Gasteiger charge is -2.16. The molecule has 30 heavy (non-hydrogen) atoms. The van der Waals surface area contributed by atoms with E-state index >= 15 is 0 Å². The highest BCUT2D eigenvalue weighted by atomic mass is 16.7. The molecular weight excluding hydrogens is 392 g/mol. The van der Waals surface area contributed by atoms with Crippen LogP contribution in [0, 0.1) is 0 Å². The van der Waals surface area contributed by atoms with Crippen LogP contribution < -0.4 is 28.4 Å². The van der Waals surface area contributed by atoms with Gasteiger partial charge in [0, 0.05) is 11.6 Å². The van der Waals surface area contributed by atoms with Gasteiger partial charge in [0.25, 0.3) is 0 Å². The molecule has 5 rings (SSSR count). The average Bonchev–Trinajstić information content (AvgIpc) is 3.39. The van der Waals surface area contributed by atoms with Crippen molar-refractivity contribution in [3.05, 3.63) is 60.2 Å². The Morgan fingerprint density at radius 1 is 0.800 bits per heavy atom. The van der Waals surface area contributed by atoms with Gasteiger partial charge < -0.3 is 33.5 Å². The maximum absolute atomic E-state index is 11.5. The van der Waals surface area contributed by atoms with E-state index in [2.05, 4.69) is 0 Å². The number of carboxylic acids is 1. The van der Waals surface area contributed by atoms with Crippen molar-refractivity contribution in [2.75, 3.05) is 13.6 Å². The molecule has 0 saturated heterocycles. The van der Waals surface area contributed by atoms with Gasteiger partial charge in [0.15, 0.2) is 23.0 Å². The number of benzene rings is 3. The van der Waals surface area contributed by atoms with Crippen LogP contribution in [0.5, 0.6) is 46.0 Å². The van der Waals surface area contributed by atoms with Crippen molar-refractivity contribution >= 4 is 5.97 Å². The minimum atomic E-state index is -1.01. The van der Waals surface area contributed by atoms with Gasteiger partial charge in [0.1, 0.15) is 17.2 Å². The molecule has 2 heterocycles. The molecule has 1 N–H and O–H groups in total. The molecule has 3 aromatic carbocycles. The molecule has 0 amide bonds. The molecule has 0 radical (unpaired) electrons. The fourth-order valence-corrected chi connectivity index (χ4v) is 3.23. The van der Waals surface area contributed by atoms with Gasteiger partial charge in [-0.1, -0.05) is 12.1 Å². The van der Waals surface area contributed by atoms with E-state index in [0.717, 1.165) is 0 Å². The summed E-state index contributed by atoms with van der Waals surface area (Å²) in [5.74, 6) is 2.85. The molecule has 3 aromatic rings. The van der Waals surface area contributed by atoms with E-state index in [0.29, 0.717) is 51.6 Å². The van der Waals surface area contributed by atoms with Crippen LogP contribution in [0.25, 0.3) is 0 Å². The molecule has 152 valence electrons. The SMILES string of the molecule is O=C(O)Cc1c(Oc2ccc3c(c2)OCO3)cccc1Oc1cccc2c1OCO2. The molecule has 0 atom stereocenters.